The Bertz CT molecular complexity index is 851. The van der Waals surface area contributed by atoms with Gasteiger partial charge in [-0.15, -0.1) is 0 Å². The molecule has 148 valence electrons. The first-order valence-electron chi connectivity index (χ1n) is 9.46. The van der Waals surface area contributed by atoms with Crippen LogP contribution in [0, 0.1) is 17.0 Å². The molecule has 2 aromatic carbocycles. The predicted octanol–water partition coefficient (Wildman–Crippen LogP) is 5.06. The zero-order valence-electron chi connectivity index (χ0n) is 16.2. The molecular weight excluding hydrogens is 358 g/mol. The maximum absolute atomic E-state index is 13.1. The van der Waals surface area contributed by atoms with Crippen LogP contribution in [0.4, 0.5) is 16.2 Å². The van der Waals surface area contributed by atoms with Crippen molar-refractivity contribution in [1.29, 1.82) is 0 Å². The lowest BCUT2D eigenvalue weighted by Gasteiger charge is -2.31. The molecule has 0 saturated carbocycles. The number of hydrogen-bond donors (Lipinski definition) is 1. The molecule has 1 N–H and O–H groups in total. The number of hydrogen-bond acceptors (Lipinski definition) is 4. The molecule has 1 atom stereocenters. The van der Waals surface area contributed by atoms with Crippen molar-refractivity contribution < 1.29 is 14.5 Å². The first-order valence-corrected chi connectivity index (χ1v) is 9.46. The molecule has 1 aliphatic rings. The van der Waals surface area contributed by atoms with Gasteiger partial charge in [-0.1, -0.05) is 42.7 Å². The number of non-ortho nitro benzene ring substituents is 1. The summed E-state index contributed by atoms with van der Waals surface area (Å²) in [7, 11) is 1.47. The van der Waals surface area contributed by atoms with Crippen molar-refractivity contribution in [1.82, 2.24) is 4.90 Å². The van der Waals surface area contributed by atoms with E-state index in [0.29, 0.717) is 18.0 Å². The number of carbonyl (C=O) groups is 1. The van der Waals surface area contributed by atoms with Crippen LogP contribution >= 0.6 is 0 Å². The highest BCUT2D eigenvalue weighted by molar-refractivity contribution is 5.91. The Morgan fingerprint density at radius 1 is 1.18 bits per heavy atom. The number of amides is 2. The summed E-state index contributed by atoms with van der Waals surface area (Å²) in [5, 5.41) is 13.9. The number of urea groups is 1. The van der Waals surface area contributed by atoms with E-state index in [-0.39, 0.29) is 17.8 Å². The minimum absolute atomic E-state index is 0.0206. The van der Waals surface area contributed by atoms with Gasteiger partial charge in [0.15, 0.2) is 0 Å². The molecular formula is C21H25N3O4. The number of nitro benzene ring substituents is 1. The Hall–Kier alpha value is -3.09. The zero-order chi connectivity index (χ0) is 20.1. The highest BCUT2D eigenvalue weighted by Crippen LogP contribution is 2.33. The fourth-order valence-corrected chi connectivity index (χ4v) is 3.58. The number of rotatable bonds is 4. The van der Waals surface area contributed by atoms with Gasteiger partial charge in [0.1, 0.15) is 5.75 Å². The molecule has 0 aliphatic carbocycles. The minimum atomic E-state index is -0.490. The van der Waals surface area contributed by atoms with Gasteiger partial charge < -0.3 is 15.0 Å². The molecule has 0 unspecified atom stereocenters. The summed E-state index contributed by atoms with van der Waals surface area (Å²) in [6.07, 6.45) is 3.96. The molecule has 0 spiro atoms. The van der Waals surface area contributed by atoms with E-state index in [4.69, 9.17) is 4.74 Å². The van der Waals surface area contributed by atoms with Crippen LogP contribution in [-0.2, 0) is 0 Å². The Morgan fingerprint density at radius 3 is 2.61 bits per heavy atom. The van der Waals surface area contributed by atoms with Crippen LogP contribution in [0.5, 0.6) is 5.75 Å². The van der Waals surface area contributed by atoms with E-state index in [2.05, 4.69) is 29.6 Å². The lowest BCUT2D eigenvalue weighted by Crippen LogP contribution is -2.38. The Morgan fingerprint density at radius 2 is 1.93 bits per heavy atom. The van der Waals surface area contributed by atoms with Crippen molar-refractivity contribution in [3.8, 4) is 5.75 Å². The van der Waals surface area contributed by atoms with Gasteiger partial charge >= 0.3 is 6.03 Å². The normalized spacial score (nSPS) is 16.9. The summed E-state index contributed by atoms with van der Waals surface area (Å²) in [5.74, 6) is 0.389. The molecule has 2 amide bonds. The van der Waals surface area contributed by atoms with Gasteiger partial charge in [-0.3, -0.25) is 10.1 Å². The second-order valence-electron chi connectivity index (χ2n) is 7.04. The molecule has 2 aromatic rings. The molecule has 0 radical (unpaired) electrons. The number of methoxy groups -OCH3 is 1. The number of likely N-dealkylation sites (tertiary alicyclic amines) is 1. The number of benzene rings is 2. The quantitative estimate of drug-likeness (QED) is 0.591. The maximum atomic E-state index is 13.1. The highest BCUT2D eigenvalue weighted by Gasteiger charge is 2.27. The Balaban J connectivity index is 1.87. The van der Waals surface area contributed by atoms with E-state index in [1.807, 2.05) is 11.8 Å². The zero-order valence-corrected chi connectivity index (χ0v) is 16.2. The molecule has 7 nitrogen and oxygen atoms in total. The van der Waals surface area contributed by atoms with Gasteiger partial charge in [-0.05, 0) is 31.4 Å². The number of aryl methyl sites for hydroxylation is 1. The number of ether oxygens (including phenoxy) is 1. The van der Waals surface area contributed by atoms with Crippen LogP contribution in [0.15, 0.2) is 42.5 Å². The number of anilines is 1. The molecule has 1 saturated heterocycles. The summed E-state index contributed by atoms with van der Waals surface area (Å²) < 4.78 is 5.26. The lowest BCUT2D eigenvalue weighted by molar-refractivity contribution is -0.384. The van der Waals surface area contributed by atoms with E-state index < -0.39 is 4.92 Å². The monoisotopic (exact) mass is 383 g/mol. The second kappa shape index (κ2) is 8.73. The molecule has 7 heteroatoms. The van der Waals surface area contributed by atoms with Crippen LogP contribution in [0.25, 0.3) is 0 Å². The van der Waals surface area contributed by atoms with Gasteiger partial charge in [0, 0.05) is 18.7 Å². The first kappa shape index (κ1) is 19.7. The van der Waals surface area contributed by atoms with Crippen molar-refractivity contribution >= 4 is 17.4 Å². The molecule has 1 fully saturated rings. The fourth-order valence-electron chi connectivity index (χ4n) is 3.58. The van der Waals surface area contributed by atoms with Crippen LogP contribution in [0.1, 0.15) is 42.9 Å². The van der Waals surface area contributed by atoms with Gasteiger partial charge in [-0.2, -0.15) is 0 Å². The molecule has 1 heterocycles. The number of nitro groups is 1. The van der Waals surface area contributed by atoms with Crippen molar-refractivity contribution in [3.63, 3.8) is 0 Å². The largest absolute Gasteiger partial charge is 0.495 e. The molecule has 3 rings (SSSR count). The van der Waals surface area contributed by atoms with E-state index in [0.717, 1.165) is 31.2 Å². The lowest BCUT2D eigenvalue weighted by atomic mass is 10.00. The van der Waals surface area contributed by atoms with Crippen LogP contribution in [-0.4, -0.2) is 29.5 Å². The van der Waals surface area contributed by atoms with Gasteiger partial charge in [-0.25, -0.2) is 4.79 Å². The maximum Gasteiger partial charge on any atom is 0.322 e. The van der Waals surface area contributed by atoms with Crippen LogP contribution in [0.3, 0.4) is 0 Å². The van der Waals surface area contributed by atoms with E-state index in [1.165, 1.54) is 30.9 Å². The summed E-state index contributed by atoms with van der Waals surface area (Å²) in [6.45, 7) is 2.68. The SMILES string of the molecule is COc1ccc([N+](=O)[O-])cc1NC(=O)N1CCCCC[C@@H]1c1ccc(C)cc1. The van der Waals surface area contributed by atoms with Crippen LogP contribution in [0.2, 0.25) is 0 Å². The third kappa shape index (κ3) is 4.42. The average molecular weight is 383 g/mol. The van der Waals surface area contributed by atoms with Crippen molar-refractivity contribution in [3.05, 3.63) is 63.7 Å². The first-order chi connectivity index (χ1) is 13.5. The Kier molecular flexibility index (Phi) is 6.13. The molecule has 0 bridgehead atoms. The van der Waals surface area contributed by atoms with Crippen LogP contribution < -0.4 is 10.1 Å². The standard InChI is InChI=1S/C21H25N3O4/c1-15-7-9-16(10-8-15)19-6-4-3-5-13-23(19)21(25)22-18-14-17(24(26)27)11-12-20(18)28-2/h7-12,14,19H,3-6,13H2,1-2H3,(H,22,25)/t19-/m1/s1. The second-order valence-corrected chi connectivity index (χ2v) is 7.04. The minimum Gasteiger partial charge on any atom is -0.495 e. The van der Waals surface area contributed by atoms with E-state index in [9.17, 15) is 14.9 Å². The van der Waals surface area contributed by atoms with Gasteiger partial charge in [0.2, 0.25) is 0 Å². The van der Waals surface area contributed by atoms with E-state index >= 15 is 0 Å². The van der Waals surface area contributed by atoms with Crippen molar-refractivity contribution in [2.45, 2.75) is 38.6 Å². The molecule has 28 heavy (non-hydrogen) atoms. The summed E-state index contributed by atoms with van der Waals surface area (Å²) in [5.41, 5.74) is 2.49. The topological polar surface area (TPSA) is 84.7 Å². The number of carbonyl (C=O) groups excluding carboxylic acids is 1. The average Bonchev–Trinajstić information content (AvgIpc) is 2.94. The summed E-state index contributed by atoms with van der Waals surface area (Å²) in [6, 6.07) is 12.1. The molecule has 1 aliphatic heterocycles. The van der Waals surface area contributed by atoms with Crippen molar-refractivity contribution in [2.24, 2.45) is 0 Å². The highest BCUT2D eigenvalue weighted by atomic mass is 16.6. The molecule has 0 aromatic heterocycles. The fraction of sp³-hybridized carbons (Fsp3) is 0.381. The summed E-state index contributed by atoms with van der Waals surface area (Å²) in [4.78, 5) is 25.5. The predicted molar refractivity (Wildman–Crippen MR) is 108 cm³/mol. The smallest absolute Gasteiger partial charge is 0.322 e. The van der Waals surface area contributed by atoms with Crippen molar-refractivity contribution in [2.75, 3.05) is 19.0 Å². The third-order valence-corrected chi connectivity index (χ3v) is 5.11. The Labute approximate surface area is 164 Å². The van der Waals surface area contributed by atoms with Gasteiger partial charge in [0.25, 0.3) is 5.69 Å². The van der Waals surface area contributed by atoms with Gasteiger partial charge in [0.05, 0.1) is 23.8 Å². The van der Waals surface area contributed by atoms with E-state index in [1.54, 1.807) is 0 Å². The summed E-state index contributed by atoms with van der Waals surface area (Å²) >= 11 is 0. The third-order valence-electron chi connectivity index (χ3n) is 5.11. The number of nitrogens with one attached hydrogen (secondary N) is 1. The number of nitrogens with zero attached hydrogens (tertiary/aromatic N) is 2.